The molecule has 0 heterocycles. The van der Waals surface area contributed by atoms with Gasteiger partial charge in [0.2, 0.25) is 0 Å². The fraction of sp³-hybridized carbons (Fsp3) is 0.273. The predicted molar refractivity (Wildman–Crippen MR) is 69.0 cm³/mol. The molecule has 0 unspecified atom stereocenters. The van der Waals surface area contributed by atoms with Gasteiger partial charge in [-0.25, -0.2) is 4.79 Å². The van der Waals surface area contributed by atoms with Crippen molar-refractivity contribution in [3.8, 4) is 5.75 Å². The molecule has 18 heavy (non-hydrogen) atoms. The third-order valence-corrected chi connectivity index (χ3v) is 1.73. The average Bonchev–Trinajstić information content (AvgIpc) is 2.27. The van der Waals surface area contributed by atoms with Gasteiger partial charge in [0, 0.05) is 6.42 Å². The van der Waals surface area contributed by atoms with E-state index in [1.807, 2.05) is 0 Å². The van der Waals surface area contributed by atoms with Crippen molar-refractivity contribution in [2.75, 3.05) is 6.54 Å². The number of aromatic carboxylic acids is 1. The number of aromatic hydroxyl groups is 1. The number of carboxylic acid groups (broad SMARTS) is 2. The second-order valence-electron chi connectivity index (χ2n) is 3.11. The molecule has 0 spiro atoms. The first kappa shape index (κ1) is 19.5. The Bertz CT molecular complexity index is 393. The number of para-hydroxylation sites is 1. The number of carboxylic acids is 2. The quantitative estimate of drug-likeness (QED) is 0.605. The van der Waals surface area contributed by atoms with E-state index < -0.39 is 11.9 Å². The van der Waals surface area contributed by atoms with Gasteiger partial charge >= 0.3 is 49.7 Å². The summed E-state index contributed by atoms with van der Waals surface area (Å²) in [6.07, 6.45) is 0.770. The Morgan fingerprint density at radius 3 is 2.06 bits per heavy atom. The molecule has 0 aromatic heterocycles. The van der Waals surface area contributed by atoms with E-state index in [1.165, 1.54) is 12.1 Å². The van der Waals surface area contributed by atoms with Crippen LogP contribution in [0, 0.1) is 0 Å². The summed E-state index contributed by atoms with van der Waals surface area (Å²) >= 11 is 0. The number of hydrogen-bond donors (Lipinski definition) is 4. The molecule has 0 radical (unpaired) electrons. The minimum absolute atomic E-state index is 0. The summed E-state index contributed by atoms with van der Waals surface area (Å²) in [6, 6.07) is 5.81. The van der Waals surface area contributed by atoms with Gasteiger partial charge in [-0.05, 0) is 25.1 Å². The summed E-state index contributed by atoms with van der Waals surface area (Å²) in [5, 5.41) is 25.3. The minimum atomic E-state index is -1.11. The van der Waals surface area contributed by atoms with E-state index in [-0.39, 0.29) is 58.3 Å². The Labute approximate surface area is 137 Å². The van der Waals surface area contributed by atoms with Gasteiger partial charge in [0.15, 0.2) is 0 Å². The largest absolute Gasteiger partial charge is 2.00 e. The zero-order chi connectivity index (χ0) is 13.3. The summed E-state index contributed by atoms with van der Waals surface area (Å²) in [7, 11) is 0. The van der Waals surface area contributed by atoms with Crippen LogP contribution in [-0.2, 0) is 4.79 Å². The molecule has 0 bridgehead atoms. The third kappa shape index (κ3) is 9.23. The fourth-order valence-electron chi connectivity index (χ4n) is 0.908. The van der Waals surface area contributed by atoms with Crippen LogP contribution in [0.4, 0.5) is 0 Å². The molecule has 7 heteroatoms. The molecule has 98 valence electrons. The zero-order valence-electron chi connectivity index (χ0n) is 11.9. The molecule has 0 aliphatic heterocycles. The van der Waals surface area contributed by atoms with E-state index in [2.05, 4.69) is 0 Å². The Kier molecular flexibility index (Phi) is 12.2. The topological polar surface area (TPSA) is 121 Å². The Morgan fingerprint density at radius 2 is 1.78 bits per heavy atom. The second kappa shape index (κ2) is 11.3. The van der Waals surface area contributed by atoms with Gasteiger partial charge in [0.1, 0.15) is 11.3 Å². The van der Waals surface area contributed by atoms with Crippen molar-refractivity contribution in [2.45, 2.75) is 12.8 Å². The van der Waals surface area contributed by atoms with Crippen LogP contribution in [-0.4, -0.2) is 71.5 Å². The van der Waals surface area contributed by atoms with E-state index in [1.54, 1.807) is 12.1 Å². The van der Waals surface area contributed by atoms with E-state index in [0.29, 0.717) is 13.0 Å². The molecule has 0 aliphatic carbocycles. The summed E-state index contributed by atoms with van der Waals surface area (Å²) in [5.74, 6) is -2.08. The van der Waals surface area contributed by atoms with Crippen molar-refractivity contribution in [1.82, 2.24) is 0 Å². The molecule has 5 N–H and O–H groups in total. The van der Waals surface area contributed by atoms with Gasteiger partial charge in [0.05, 0.1) is 0 Å². The van der Waals surface area contributed by atoms with Crippen LogP contribution < -0.4 is 5.73 Å². The van der Waals surface area contributed by atoms with E-state index in [0.717, 1.165) is 0 Å². The number of nitrogens with two attached hydrogens (primary N) is 1. The number of aliphatic carboxylic acids is 1. The molecule has 0 saturated carbocycles. The van der Waals surface area contributed by atoms with Gasteiger partial charge in [-0.2, -0.15) is 0 Å². The Balaban J connectivity index is -0.000000117. The smallest absolute Gasteiger partial charge is 1.00 e. The molecule has 0 fully saturated rings. The standard InChI is InChI=1S/C7H6O3.C4H9NO2.Ca.2H/c8-6-4-2-1-3-5(6)7(9)10;5-3-1-2-4(6)7;;;/h1-4,8H,(H,9,10);1-3,5H2,(H,6,7);;;/q;;+2;2*-1. The monoisotopic (exact) mass is 283 g/mol. The molecule has 0 atom stereocenters. The zero-order valence-corrected chi connectivity index (χ0v) is 12.1. The summed E-state index contributed by atoms with van der Waals surface area (Å²) in [4.78, 5) is 20.0. The van der Waals surface area contributed by atoms with Crippen molar-refractivity contribution in [3.63, 3.8) is 0 Å². The van der Waals surface area contributed by atoms with Crippen molar-refractivity contribution >= 4 is 49.7 Å². The van der Waals surface area contributed by atoms with Crippen LogP contribution in [0.1, 0.15) is 26.1 Å². The molecule has 0 saturated heterocycles. The van der Waals surface area contributed by atoms with Crippen molar-refractivity contribution in [2.24, 2.45) is 5.73 Å². The maximum atomic E-state index is 10.3. The van der Waals surface area contributed by atoms with Crippen LogP contribution >= 0.6 is 0 Å². The summed E-state index contributed by atoms with van der Waals surface area (Å²) < 4.78 is 0. The van der Waals surface area contributed by atoms with Crippen LogP contribution in [0.2, 0.25) is 0 Å². The number of benzene rings is 1. The normalized spacial score (nSPS) is 8.50. The summed E-state index contributed by atoms with van der Waals surface area (Å²) in [5.41, 5.74) is 4.95. The van der Waals surface area contributed by atoms with Crippen LogP contribution in [0.5, 0.6) is 5.75 Å². The molecular weight excluding hydrogens is 266 g/mol. The number of rotatable bonds is 4. The molecule has 1 rings (SSSR count). The Morgan fingerprint density at radius 1 is 1.22 bits per heavy atom. The van der Waals surface area contributed by atoms with E-state index >= 15 is 0 Å². The molecule has 6 nitrogen and oxygen atoms in total. The maximum Gasteiger partial charge on any atom is 2.00 e. The van der Waals surface area contributed by atoms with Crippen molar-refractivity contribution < 1.29 is 27.8 Å². The maximum absolute atomic E-state index is 10.3. The van der Waals surface area contributed by atoms with Gasteiger partial charge in [-0.3, -0.25) is 4.79 Å². The first-order valence-electron chi connectivity index (χ1n) is 4.92. The van der Waals surface area contributed by atoms with Gasteiger partial charge in [-0.1, -0.05) is 12.1 Å². The van der Waals surface area contributed by atoms with E-state index in [9.17, 15) is 9.59 Å². The first-order valence-corrected chi connectivity index (χ1v) is 4.92. The number of carbonyl (C=O) groups is 2. The molecule has 0 amide bonds. The van der Waals surface area contributed by atoms with Crippen molar-refractivity contribution in [1.29, 1.82) is 0 Å². The summed E-state index contributed by atoms with van der Waals surface area (Å²) in [6.45, 7) is 0.465. The SMILES string of the molecule is NCCCC(=O)O.O=C(O)c1ccccc1O.[Ca+2].[H-].[H-]. The minimum Gasteiger partial charge on any atom is -1.00 e. The molecular formula is C11H17CaNO5. The fourth-order valence-corrected chi connectivity index (χ4v) is 0.908. The van der Waals surface area contributed by atoms with E-state index in [4.69, 9.17) is 21.1 Å². The van der Waals surface area contributed by atoms with Gasteiger partial charge in [-0.15, -0.1) is 0 Å². The molecule has 1 aromatic carbocycles. The molecule has 1 aromatic rings. The first-order chi connectivity index (χ1) is 7.99. The molecule has 0 aliphatic rings. The number of hydrogen-bond acceptors (Lipinski definition) is 4. The van der Waals surface area contributed by atoms with Crippen LogP contribution in [0.15, 0.2) is 24.3 Å². The Hall–Kier alpha value is -0.820. The number of phenols is 1. The third-order valence-electron chi connectivity index (χ3n) is 1.73. The van der Waals surface area contributed by atoms with Gasteiger partial charge in [0.25, 0.3) is 0 Å². The van der Waals surface area contributed by atoms with Crippen molar-refractivity contribution in [3.05, 3.63) is 29.8 Å². The predicted octanol–water partition coefficient (Wildman–Crippen LogP) is 0.744. The van der Waals surface area contributed by atoms with Crippen LogP contribution in [0.25, 0.3) is 0 Å². The average molecular weight is 283 g/mol. The second-order valence-corrected chi connectivity index (χ2v) is 3.11. The van der Waals surface area contributed by atoms with Gasteiger partial charge < -0.3 is 23.9 Å². The van der Waals surface area contributed by atoms with Crippen LogP contribution in [0.3, 0.4) is 0 Å².